The normalized spacial score (nSPS) is 37.5. The largest absolute Gasteiger partial charge is 0.389 e. The quantitative estimate of drug-likeness (QED) is 0.482. The fourth-order valence-corrected chi connectivity index (χ4v) is 7.05. The van der Waals surface area contributed by atoms with Crippen molar-refractivity contribution in [2.24, 2.45) is 17.3 Å². The van der Waals surface area contributed by atoms with Crippen LogP contribution in [0.2, 0.25) is 0 Å². The van der Waals surface area contributed by atoms with Crippen molar-refractivity contribution in [1.82, 2.24) is 0 Å². The summed E-state index contributed by atoms with van der Waals surface area (Å²) in [5, 5.41) is 11.5. The Bertz CT molecular complexity index is 726. The number of rotatable bonds is 2. The minimum Gasteiger partial charge on any atom is -0.389 e. The molecule has 0 amide bonds. The number of hydrogen-bond acceptors (Lipinski definition) is 3. The summed E-state index contributed by atoms with van der Waals surface area (Å²) >= 11 is 0. The summed E-state index contributed by atoms with van der Waals surface area (Å²) < 4.78 is 12.0. The van der Waals surface area contributed by atoms with E-state index < -0.39 is 5.60 Å². The average Bonchev–Trinajstić information content (AvgIpc) is 3.22. The minimum atomic E-state index is -0.539. The molecule has 180 valence electrons. The summed E-state index contributed by atoms with van der Waals surface area (Å²) in [6, 6.07) is 0. The van der Waals surface area contributed by atoms with Gasteiger partial charge in [-0.15, -0.1) is 0 Å². The van der Waals surface area contributed by atoms with Crippen LogP contribution in [-0.4, -0.2) is 29.7 Å². The van der Waals surface area contributed by atoms with E-state index in [9.17, 15) is 5.11 Å². The molecule has 1 saturated heterocycles. The Morgan fingerprint density at radius 1 is 1.10 bits per heavy atom. The van der Waals surface area contributed by atoms with Gasteiger partial charge in [-0.3, -0.25) is 0 Å². The van der Waals surface area contributed by atoms with Gasteiger partial charge in [0.2, 0.25) is 0 Å². The molecule has 0 unspecified atom stereocenters. The minimum absolute atomic E-state index is 0. The highest BCUT2D eigenvalue weighted by atomic mass is 32.1. The van der Waals surface area contributed by atoms with Gasteiger partial charge in [0.25, 0.3) is 0 Å². The second-order valence-electron chi connectivity index (χ2n) is 9.74. The molecular formula is C25H44O3S3. The number of allylic oxidation sites excluding steroid dienone is 4. The number of aliphatic hydroxyl groups is 1. The topological polar surface area (TPSA) is 38.7 Å². The van der Waals surface area contributed by atoms with Crippen molar-refractivity contribution < 1.29 is 14.6 Å². The van der Waals surface area contributed by atoms with Crippen molar-refractivity contribution >= 4 is 40.5 Å². The fraction of sp³-hybridized carbons (Fsp3) is 0.760. The maximum Gasteiger partial charge on any atom is 0.172 e. The molecule has 1 heterocycles. The SMILES string of the molecule is C.C/C=C/C[C@]1(O)CC[C@H]2[C@@H]3CCC4=C(CCC5(C4)OCCO5)C3=CC[C@@]21C.S.S.S. The molecule has 1 spiro atoms. The molecular weight excluding hydrogens is 444 g/mol. The average molecular weight is 489 g/mol. The van der Waals surface area contributed by atoms with Crippen LogP contribution >= 0.6 is 40.5 Å². The molecule has 31 heavy (non-hydrogen) atoms. The Labute approximate surface area is 210 Å². The van der Waals surface area contributed by atoms with Crippen LogP contribution in [0.5, 0.6) is 0 Å². The standard InChI is InChI=1S/C24H34O3.CH4.3H2S/c1-3-4-10-23(25)12-9-21-20-6-5-17-16-24(26-14-15-27-24)13-8-18(17)19(20)7-11-22(21,23)2;;;;/h3-4,7,20-21,25H,5-6,8-16H2,1-2H3;1H4;3*1H2/b4-3+;;;;/t20-,21+,22+,23+;;;;/m1..../s1. The Hall–Kier alpha value is 0.150. The molecule has 0 aromatic carbocycles. The summed E-state index contributed by atoms with van der Waals surface area (Å²) in [5.41, 5.74) is 4.33. The van der Waals surface area contributed by atoms with Gasteiger partial charge in [-0.05, 0) is 74.9 Å². The summed E-state index contributed by atoms with van der Waals surface area (Å²) in [6.45, 7) is 5.92. The highest BCUT2D eigenvalue weighted by molar-refractivity contribution is 7.59. The number of ether oxygens (including phenoxy) is 2. The summed E-state index contributed by atoms with van der Waals surface area (Å²) in [5.74, 6) is 0.952. The van der Waals surface area contributed by atoms with Crippen LogP contribution in [0.25, 0.3) is 0 Å². The zero-order chi connectivity index (χ0) is 18.7. The first-order valence-electron chi connectivity index (χ1n) is 11.0. The lowest BCUT2D eigenvalue weighted by Gasteiger charge is -2.51. The zero-order valence-corrected chi connectivity index (χ0v) is 21.4. The van der Waals surface area contributed by atoms with E-state index in [0.717, 1.165) is 51.7 Å². The Morgan fingerprint density at radius 2 is 1.81 bits per heavy atom. The summed E-state index contributed by atoms with van der Waals surface area (Å²) in [4.78, 5) is 0. The molecule has 3 nitrogen and oxygen atoms in total. The van der Waals surface area contributed by atoms with E-state index in [-0.39, 0.29) is 59.1 Å². The monoisotopic (exact) mass is 488 g/mol. The van der Waals surface area contributed by atoms with Crippen LogP contribution in [0.4, 0.5) is 0 Å². The van der Waals surface area contributed by atoms with Gasteiger partial charge in [0.1, 0.15) is 0 Å². The lowest BCUT2D eigenvalue weighted by molar-refractivity contribution is -0.164. The summed E-state index contributed by atoms with van der Waals surface area (Å²) in [7, 11) is 0. The van der Waals surface area contributed by atoms with Crippen LogP contribution in [0.3, 0.4) is 0 Å². The lowest BCUT2D eigenvalue weighted by atomic mass is 9.56. The molecule has 5 rings (SSSR count). The van der Waals surface area contributed by atoms with Gasteiger partial charge in [0.05, 0.1) is 18.8 Å². The van der Waals surface area contributed by atoms with Gasteiger partial charge in [0, 0.05) is 18.3 Å². The van der Waals surface area contributed by atoms with E-state index in [4.69, 9.17) is 9.47 Å². The molecule has 4 atom stereocenters. The molecule has 6 heteroatoms. The number of fused-ring (bicyclic) bond motifs is 4. The van der Waals surface area contributed by atoms with E-state index in [0.29, 0.717) is 11.8 Å². The Morgan fingerprint density at radius 3 is 2.48 bits per heavy atom. The third-order valence-electron chi connectivity index (χ3n) is 8.66. The van der Waals surface area contributed by atoms with Gasteiger partial charge in [-0.1, -0.05) is 38.2 Å². The van der Waals surface area contributed by atoms with Crippen molar-refractivity contribution in [2.75, 3.05) is 13.2 Å². The second kappa shape index (κ2) is 10.6. The predicted molar refractivity (Wildman–Crippen MR) is 144 cm³/mol. The van der Waals surface area contributed by atoms with Crippen LogP contribution in [0.15, 0.2) is 34.9 Å². The molecule has 1 saturated carbocycles. The maximum absolute atomic E-state index is 11.5. The molecule has 0 radical (unpaired) electrons. The molecule has 4 aliphatic carbocycles. The van der Waals surface area contributed by atoms with Crippen molar-refractivity contribution in [1.29, 1.82) is 0 Å². The molecule has 2 fully saturated rings. The smallest absolute Gasteiger partial charge is 0.172 e. The molecule has 0 bridgehead atoms. The maximum atomic E-state index is 11.5. The van der Waals surface area contributed by atoms with Crippen molar-refractivity contribution in [3.05, 3.63) is 34.9 Å². The van der Waals surface area contributed by atoms with Crippen molar-refractivity contribution in [3.8, 4) is 0 Å². The number of hydrogen-bond donors (Lipinski definition) is 1. The third kappa shape index (κ3) is 4.46. The van der Waals surface area contributed by atoms with Gasteiger partial charge in [0.15, 0.2) is 5.79 Å². The first-order chi connectivity index (χ1) is 13.0. The predicted octanol–water partition coefficient (Wildman–Crippen LogP) is 6.04. The Balaban J connectivity index is 0.00000120. The van der Waals surface area contributed by atoms with Crippen molar-refractivity contribution in [3.63, 3.8) is 0 Å². The van der Waals surface area contributed by atoms with Crippen LogP contribution in [-0.2, 0) is 9.47 Å². The third-order valence-corrected chi connectivity index (χ3v) is 8.66. The van der Waals surface area contributed by atoms with Gasteiger partial charge >= 0.3 is 0 Å². The molecule has 5 aliphatic rings. The fourth-order valence-electron chi connectivity index (χ4n) is 7.05. The summed E-state index contributed by atoms with van der Waals surface area (Å²) in [6.07, 6.45) is 16.2. The van der Waals surface area contributed by atoms with Crippen LogP contribution in [0, 0.1) is 17.3 Å². The van der Waals surface area contributed by atoms with E-state index in [1.807, 2.05) is 0 Å². The molecule has 0 aromatic rings. The van der Waals surface area contributed by atoms with Gasteiger partial charge in [-0.25, -0.2) is 0 Å². The van der Waals surface area contributed by atoms with Gasteiger partial charge < -0.3 is 14.6 Å². The van der Waals surface area contributed by atoms with E-state index in [1.54, 1.807) is 16.7 Å². The highest BCUT2D eigenvalue weighted by Gasteiger charge is 2.59. The molecule has 1 N–H and O–H groups in total. The first kappa shape index (κ1) is 29.2. The van der Waals surface area contributed by atoms with Crippen molar-refractivity contribution in [2.45, 2.75) is 90.4 Å². The van der Waals surface area contributed by atoms with E-state index in [2.05, 4.69) is 32.1 Å². The van der Waals surface area contributed by atoms with Crippen LogP contribution in [0.1, 0.15) is 79.1 Å². The van der Waals surface area contributed by atoms with Crippen LogP contribution < -0.4 is 0 Å². The molecule has 0 aromatic heterocycles. The van der Waals surface area contributed by atoms with Gasteiger partial charge in [-0.2, -0.15) is 40.5 Å². The zero-order valence-electron chi connectivity index (χ0n) is 18.4. The lowest BCUT2D eigenvalue weighted by Crippen LogP contribution is -2.49. The second-order valence-corrected chi connectivity index (χ2v) is 9.74. The molecule has 1 aliphatic heterocycles. The van der Waals surface area contributed by atoms with E-state index >= 15 is 0 Å². The highest BCUT2D eigenvalue weighted by Crippen LogP contribution is 2.63. The first-order valence-corrected chi connectivity index (χ1v) is 11.0. The van der Waals surface area contributed by atoms with E-state index in [1.165, 1.54) is 19.3 Å². The Kier molecular flexibility index (Phi) is 9.98.